The van der Waals surface area contributed by atoms with Crippen molar-refractivity contribution in [3.8, 4) is 22.6 Å². The van der Waals surface area contributed by atoms with E-state index in [9.17, 15) is 9.90 Å². The highest BCUT2D eigenvalue weighted by Gasteiger charge is 2.20. The quantitative estimate of drug-likeness (QED) is 0.827. The lowest BCUT2D eigenvalue weighted by atomic mass is 10.0. The topological polar surface area (TPSA) is 66.8 Å². The monoisotopic (exact) mass is 356 g/mol. The van der Waals surface area contributed by atoms with Gasteiger partial charge in [0.25, 0.3) is 0 Å². The van der Waals surface area contributed by atoms with E-state index in [-0.39, 0.29) is 17.1 Å². The molecule has 2 rings (SSSR count). The van der Waals surface area contributed by atoms with Crippen molar-refractivity contribution in [2.24, 2.45) is 0 Å². The molecule has 0 saturated heterocycles. The van der Waals surface area contributed by atoms with Gasteiger partial charge >= 0.3 is 5.97 Å². The summed E-state index contributed by atoms with van der Waals surface area (Å²) in [4.78, 5) is 11.1. The van der Waals surface area contributed by atoms with Gasteiger partial charge in [-0.15, -0.1) is 0 Å². The van der Waals surface area contributed by atoms with Crippen LogP contribution < -0.4 is 3.07 Å². The fourth-order valence-corrected chi connectivity index (χ4v) is 2.16. The van der Waals surface area contributed by atoms with Gasteiger partial charge < -0.3 is 13.3 Å². The predicted octanol–water partition coefficient (Wildman–Crippen LogP) is 3.49. The van der Waals surface area contributed by atoms with Crippen LogP contribution in [0, 0.1) is 0 Å². The van der Waals surface area contributed by atoms with E-state index in [1.165, 1.54) is 12.1 Å². The zero-order valence-electron chi connectivity index (χ0n) is 9.13. The van der Waals surface area contributed by atoms with Gasteiger partial charge in [0.2, 0.25) is 0 Å². The Morgan fingerprint density at radius 1 is 1.11 bits per heavy atom. The van der Waals surface area contributed by atoms with Crippen molar-refractivity contribution < 1.29 is 18.1 Å². The number of benzene rings is 2. The molecule has 0 bridgehead atoms. The number of phenolic OH excluding ortho intramolecular Hbond substituents is 1. The summed E-state index contributed by atoms with van der Waals surface area (Å²) in [6, 6.07) is 11.7. The first kappa shape index (κ1) is 12.7. The van der Waals surface area contributed by atoms with Crippen molar-refractivity contribution in [2.45, 2.75) is 0 Å². The molecule has 0 heterocycles. The molecular formula is C13H9IO4. The fourth-order valence-electron chi connectivity index (χ4n) is 1.70. The van der Waals surface area contributed by atoms with E-state index in [1.807, 2.05) is 6.07 Å². The second-order valence-corrected chi connectivity index (χ2v) is 4.03. The molecule has 0 amide bonds. The van der Waals surface area contributed by atoms with E-state index in [2.05, 4.69) is 0 Å². The third-order valence-corrected chi connectivity index (χ3v) is 2.95. The van der Waals surface area contributed by atoms with E-state index in [0.717, 1.165) is 0 Å². The summed E-state index contributed by atoms with van der Waals surface area (Å²) in [6.45, 7) is 0. The summed E-state index contributed by atoms with van der Waals surface area (Å²) in [6.07, 6.45) is 0. The number of aromatic hydroxyl groups is 1. The lowest BCUT2D eigenvalue weighted by Crippen LogP contribution is -2.00. The normalized spacial score (nSPS) is 10.1. The van der Waals surface area contributed by atoms with Crippen LogP contribution >= 0.6 is 23.0 Å². The molecule has 0 aliphatic rings. The molecule has 0 unspecified atom stereocenters. The molecule has 0 aliphatic carbocycles. The molecule has 92 valence electrons. The Balaban J connectivity index is 2.73. The van der Waals surface area contributed by atoms with Crippen molar-refractivity contribution in [3.05, 3.63) is 48.0 Å². The molecule has 0 aromatic heterocycles. The molecule has 0 saturated carbocycles. The lowest BCUT2D eigenvalue weighted by molar-refractivity contribution is 0.0695. The zero-order chi connectivity index (χ0) is 13.1. The first-order valence-electron chi connectivity index (χ1n) is 5.08. The molecule has 0 aliphatic heterocycles. The Morgan fingerprint density at radius 2 is 1.78 bits per heavy atom. The summed E-state index contributed by atoms with van der Waals surface area (Å²) in [5.41, 5.74) is 1.09. The van der Waals surface area contributed by atoms with Gasteiger partial charge in [-0.05, 0) is 17.7 Å². The summed E-state index contributed by atoms with van der Waals surface area (Å²) in [5, 5.41) is 19.0. The first-order chi connectivity index (χ1) is 8.65. The van der Waals surface area contributed by atoms with Gasteiger partial charge in [-0.3, -0.25) is 0 Å². The summed E-state index contributed by atoms with van der Waals surface area (Å²) < 4.78 is 5.10. The van der Waals surface area contributed by atoms with Crippen LogP contribution in [0.4, 0.5) is 0 Å². The second-order valence-electron chi connectivity index (χ2n) is 3.58. The van der Waals surface area contributed by atoms with Gasteiger partial charge in [-0.1, -0.05) is 30.3 Å². The van der Waals surface area contributed by atoms with Gasteiger partial charge in [-0.25, -0.2) is 4.79 Å². The summed E-state index contributed by atoms with van der Waals surface area (Å²) in [7, 11) is 0. The first-order valence-corrected chi connectivity index (χ1v) is 5.96. The molecule has 0 atom stereocenters. The Bertz CT molecular complexity index is 581. The molecule has 4 nitrogen and oxygen atoms in total. The van der Waals surface area contributed by atoms with E-state index in [1.54, 1.807) is 47.3 Å². The van der Waals surface area contributed by atoms with Gasteiger partial charge in [0.1, 0.15) is 11.3 Å². The Morgan fingerprint density at radius 3 is 2.33 bits per heavy atom. The van der Waals surface area contributed by atoms with Crippen LogP contribution in [-0.4, -0.2) is 16.2 Å². The van der Waals surface area contributed by atoms with Crippen molar-refractivity contribution in [1.82, 2.24) is 0 Å². The van der Waals surface area contributed by atoms with Gasteiger partial charge in [0, 0.05) is 0 Å². The fraction of sp³-hybridized carbons (Fsp3) is 0. The number of hydrogen-bond acceptors (Lipinski definition) is 3. The Hall–Kier alpha value is -1.76. The number of aromatic carboxylic acids is 1. The van der Waals surface area contributed by atoms with E-state index in [4.69, 9.17) is 8.17 Å². The maximum atomic E-state index is 11.1. The number of phenols is 1. The van der Waals surface area contributed by atoms with Crippen LogP contribution in [0.2, 0.25) is 0 Å². The number of carbonyl (C=O) groups is 1. The molecule has 0 spiro atoms. The van der Waals surface area contributed by atoms with Crippen LogP contribution in [0.5, 0.6) is 11.5 Å². The average molecular weight is 356 g/mol. The summed E-state index contributed by atoms with van der Waals surface area (Å²) in [5.74, 6) is -0.967. The minimum atomic E-state index is -1.10. The minimum absolute atomic E-state index is 0.0149. The largest absolute Gasteiger partial charge is 0.507 e. The molecule has 18 heavy (non-hydrogen) atoms. The lowest BCUT2D eigenvalue weighted by Gasteiger charge is -2.11. The number of carboxylic acid groups (broad SMARTS) is 1. The molecule has 0 fully saturated rings. The number of carboxylic acids is 1. The van der Waals surface area contributed by atoms with Gasteiger partial charge in [0.15, 0.2) is 28.8 Å². The second kappa shape index (κ2) is 5.26. The third-order valence-electron chi connectivity index (χ3n) is 2.51. The van der Waals surface area contributed by atoms with Crippen LogP contribution in [-0.2, 0) is 0 Å². The third kappa shape index (κ3) is 2.26. The van der Waals surface area contributed by atoms with E-state index >= 15 is 0 Å². The van der Waals surface area contributed by atoms with Crippen molar-refractivity contribution in [2.75, 3.05) is 0 Å². The van der Waals surface area contributed by atoms with Crippen LogP contribution in [0.3, 0.4) is 0 Å². The van der Waals surface area contributed by atoms with Crippen molar-refractivity contribution in [1.29, 1.82) is 0 Å². The molecule has 2 N–H and O–H groups in total. The smallest absolute Gasteiger partial charge is 0.339 e. The molecular weight excluding hydrogens is 347 g/mol. The van der Waals surface area contributed by atoms with Crippen molar-refractivity contribution in [3.63, 3.8) is 0 Å². The Kier molecular flexibility index (Phi) is 3.71. The SMILES string of the molecule is O=C(O)c1ccc(O)c(-c2ccccc2)c1OI. The van der Waals surface area contributed by atoms with Gasteiger partial charge in [-0.2, -0.15) is 0 Å². The number of halogens is 1. The molecule has 2 aromatic carbocycles. The maximum absolute atomic E-state index is 11.1. The maximum Gasteiger partial charge on any atom is 0.339 e. The van der Waals surface area contributed by atoms with E-state index in [0.29, 0.717) is 11.1 Å². The highest BCUT2D eigenvalue weighted by atomic mass is 127. The molecule has 2 aromatic rings. The number of hydrogen-bond donors (Lipinski definition) is 2. The zero-order valence-corrected chi connectivity index (χ0v) is 11.3. The van der Waals surface area contributed by atoms with Crippen molar-refractivity contribution >= 4 is 29.0 Å². The molecule has 0 radical (unpaired) electrons. The predicted molar refractivity (Wildman–Crippen MR) is 75.2 cm³/mol. The van der Waals surface area contributed by atoms with E-state index < -0.39 is 5.97 Å². The Labute approximate surface area is 118 Å². The average Bonchev–Trinajstić information content (AvgIpc) is 2.38. The van der Waals surface area contributed by atoms with Crippen LogP contribution in [0.15, 0.2) is 42.5 Å². The standard InChI is InChI=1S/C13H9IO4/c14-18-12-9(13(16)17)6-7-10(15)11(12)8-4-2-1-3-5-8/h1-7,15H,(H,16,17). The van der Waals surface area contributed by atoms with Crippen LogP contribution in [0.25, 0.3) is 11.1 Å². The summed E-state index contributed by atoms with van der Waals surface area (Å²) >= 11 is 1.61. The minimum Gasteiger partial charge on any atom is -0.507 e. The molecule has 5 heteroatoms. The highest BCUT2D eigenvalue weighted by Crippen LogP contribution is 2.41. The van der Waals surface area contributed by atoms with Crippen LogP contribution in [0.1, 0.15) is 10.4 Å². The number of rotatable bonds is 3. The van der Waals surface area contributed by atoms with Gasteiger partial charge in [0.05, 0.1) is 5.56 Å². The highest BCUT2D eigenvalue weighted by molar-refractivity contribution is 14.1.